The van der Waals surface area contributed by atoms with Crippen molar-refractivity contribution in [2.75, 3.05) is 33.3 Å². The molecule has 2 heterocycles. The first-order chi connectivity index (χ1) is 22.0. The minimum atomic E-state index is -1.20. The Bertz CT molecular complexity index is 1640. The third kappa shape index (κ3) is 6.72. The van der Waals surface area contributed by atoms with Gasteiger partial charge in [-0.3, -0.25) is 9.69 Å². The zero-order valence-corrected chi connectivity index (χ0v) is 26.6. The molecule has 5 rings (SSSR count). The molecule has 0 radical (unpaired) electrons. The number of hydrogen-bond acceptors (Lipinski definition) is 5. The predicted molar refractivity (Wildman–Crippen MR) is 174 cm³/mol. The van der Waals surface area contributed by atoms with Crippen molar-refractivity contribution >= 4 is 23.7 Å². The van der Waals surface area contributed by atoms with Gasteiger partial charge < -0.3 is 29.9 Å². The van der Waals surface area contributed by atoms with Gasteiger partial charge in [-0.15, -0.1) is 0 Å². The minimum Gasteiger partial charge on any atom is -0.493 e. The van der Waals surface area contributed by atoms with Crippen molar-refractivity contribution in [3.63, 3.8) is 0 Å². The third-order valence-electron chi connectivity index (χ3n) is 9.16. The molecule has 0 aliphatic carbocycles. The zero-order chi connectivity index (χ0) is 33.1. The third-order valence-corrected chi connectivity index (χ3v) is 9.16. The second kappa shape index (κ2) is 13.7. The van der Waals surface area contributed by atoms with Gasteiger partial charge in [0.05, 0.1) is 31.3 Å². The molecule has 3 aromatic rings. The number of aliphatic hydroxyl groups excluding tert-OH is 1. The van der Waals surface area contributed by atoms with Crippen LogP contribution in [0.2, 0.25) is 0 Å². The maximum atomic E-state index is 14.2. The van der Waals surface area contributed by atoms with Crippen LogP contribution in [-0.2, 0) is 11.2 Å². The number of piperazine rings is 1. The molecule has 3 atom stereocenters. The molecule has 1 fully saturated rings. The molecular weight excluding hydrogens is 586 g/mol. The molecule has 1 saturated heterocycles. The van der Waals surface area contributed by atoms with Crippen molar-refractivity contribution in [1.29, 1.82) is 0 Å². The second-order valence-electron chi connectivity index (χ2n) is 12.2. The van der Waals surface area contributed by atoms with Crippen LogP contribution in [-0.4, -0.2) is 93.5 Å². The average molecular weight is 628 g/mol. The molecule has 0 unspecified atom stereocenters. The first kappa shape index (κ1) is 32.6. The number of ether oxygens (including phenoxy) is 1. The van der Waals surface area contributed by atoms with Crippen LogP contribution >= 0.6 is 0 Å². The number of likely N-dealkylation sites (N-methyl/N-ethyl adjacent to an activating group) is 1. The van der Waals surface area contributed by atoms with E-state index < -0.39 is 36.3 Å². The summed E-state index contributed by atoms with van der Waals surface area (Å²) in [6, 6.07) is 19.3. The summed E-state index contributed by atoms with van der Waals surface area (Å²) < 4.78 is 6.16. The number of carbonyl (C=O) groups excluding carboxylic acids is 1. The van der Waals surface area contributed by atoms with E-state index in [1.165, 1.54) is 20.3 Å². The Morgan fingerprint density at radius 3 is 2.24 bits per heavy atom. The summed E-state index contributed by atoms with van der Waals surface area (Å²) in [6.45, 7) is 6.47. The smallest absolute Gasteiger partial charge is 0.408 e. The quantitative estimate of drug-likeness (QED) is 0.294. The molecule has 0 aromatic heterocycles. The zero-order valence-electron chi connectivity index (χ0n) is 26.6. The lowest BCUT2D eigenvalue weighted by atomic mass is 9.81. The molecule has 10 nitrogen and oxygen atoms in total. The van der Waals surface area contributed by atoms with E-state index in [1.54, 1.807) is 31.3 Å². The van der Waals surface area contributed by atoms with Crippen LogP contribution in [0.3, 0.4) is 0 Å². The molecule has 10 heteroatoms. The van der Waals surface area contributed by atoms with Crippen molar-refractivity contribution in [2.45, 2.75) is 51.8 Å². The van der Waals surface area contributed by atoms with Crippen molar-refractivity contribution in [3.8, 4) is 5.75 Å². The van der Waals surface area contributed by atoms with Gasteiger partial charge in [0.25, 0.3) is 5.91 Å². The largest absolute Gasteiger partial charge is 0.493 e. The monoisotopic (exact) mass is 627 g/mol. The van der Waals surface area contributed by atoms with Gasteiger partial charge in [0.1, 0.15) is 5.75 Å². The summed E-state index contributed by atoms with van der Waals surface area (Å²) in [5.41, 5.74) is 6.78. The second-order valence-corrected chi connectivity index (χ2v) is 12.2. The molecule has 242 valence electrons. The lowest BCUT2D eigenvalue weighted by Gasteiger charge is -2.49. The molecule has 0 saturated carbocycles. The number of carboxylic acid groups (broad SMARTS) is 2. The molecule has 3 N–H and O–H groups in total. The van der Waals surface area contributed by atoms with E-state index in [9.17, 15) is 29.7 Å². The first-order valence-corrected chi connectivity index (χ1v) is 15.5. The Morgan fingerprint density at radius 1 is 0.913 bits per heavy atom. The fraction of sp³-hybridized carbons (Fsp3) is 0.361. The lowest BCUT2D eigenvalue weighted by Crippen LogP contribution is -2.64. The molecule has 46 heavy (non-hydrogen) atoms. The highest BCUT2D eigenvalue weighted by atomic mass is 16.5. The van der Waals surface area contributed by atoms with Gasteiger partial charge in [0.15, 0.2) is 0 Å². The standard InChI is InChI=1S/C36H41N3O7/c1-22-10-11-23(2)33(24(22)3)46-17-16-25-12-14-26(15-13-25)29-18-28-19-38(35(42)43)20-30(39(28)36(44)45)32(29)34(41)37(4)21-31(40)27-8-6-5-7-9-27/h5-15,28,30-31,40H,16-21H2,1-4H3,(H,42,43)(H,44,45)/t28-,30-,31-/m1/s1. The van der Waals surface area contributed by atoms with E-state index in [0.29, 0.717) is 24.2 Å². The van der Waals surface area contributed by atoms with Crippen LogP contribution in [0.25, 0.3) is 5.57 Å². The Kier molecular flexibility index (Phi) is 9.67. The van der Waals surface area contributed by atoms with Crippen molar-refractivity contribution in [2.24, 2.45) is 0 Å². The summed E-state index contributed by atoms with van der Waals surface area (Å²) in [6.07, 6.45) is -2.47. The number of aliphatic hydroxyl groups is 1. The minimum absolute atomic E-state index is 0.0128. The van der Waals surface area contributed by atoms with Gasteiger partial charge in [0, 0.05) is 32.1 Å². The molecule has 0 spiro atoms. The van der Waals surface area contributed by atoms with Crippen molar-refractivity contribution in [1.82, 2.24) is 14.7 Å². The van der Waals surface area contributed by atoms with E-state index in [0.717, 1.165) is 28.0 Å². The number of benzene rings is 3. The highest BCUT2D eigenvalue weighted by Crippen LogP contribution is 2.39. The van der Waals surface area contributed by atoms with Crippen molar-refractivity contribution < 1.29 is 34.4 Å². The van der Waals surface area contributed by atoms with Gasteiger partial charge in [-0.1, -0.05) is 66.7 Å². The number of hydrogen-bond donors (Lipinski definition) is 3. The molecular formula is C36H41N3O7. The number of fused-ring (bicyclic) bond motifs is 2. The maximum Gasteiger partial charge on any atom is 0.408 e. The van der Waals surface area contributed by atoms with Crippen LogP contribution < -0.4 is 4.74 Å². The van der Waals surface area contributed by atoms with Crippen LogP contribution in [0.5, 0.6) is 5.75 Å². The Hall–Kier alpha value is -4.83. The van der Waals surface area contributed by atoms with Crippen molar-refractivity contribution in [3.05, 3.63) is 106 Å². The van der Waals surface area contributed by atoms with E-state index in [2.05, 4.69) is 26.0 Å². The van der Waals surface area contributed by atoms with E-state index in [-0.39, 0.29) is 31.6 Å². The fourth-order valence-corrected chi connectivity index (χ4v) is 6.52. The molecule has 3 aromatic carbocycles. The number of rotatable bonds is 9. The molecule has 3 amide bonds. The normalized spacial score (nSPS) is 18.3. The lowest BCUT2D eigenvalue weighted by molar-refractivity contribution is -0.128. The number of carbonyl (C=O) groups is 3. The topological polar surface area (TPSA) is 131 Å². The predicted octanol–water partition coefficient (Wildman–Crippen LogP) is 5.29. The Morgan fingerprint density at radius 2 is 1.59 bits per heavy atom. The molecule has 2 bridgehead atoms. The fourth-order valence-electron chi connectivity index (χ4n) is 6.52. The van der Waals surface area contributed by atoms with E-state index in [1.807, 2.05) is 37.3 Å². The Labute approximate surface area is 269 Å². The van der Waals surface area contributed by atoms with E-state index in [4.69, 9.17) is 4.74 Å². The summed E-state index contributed by atoms with van der Waals surface area (Å²) >= 11 is 0. The summed E-state index contributed by atoms with van der Waals surface area (Å²) in [7, 11) is 1.56. The number of amides is 3. The highest BCUT2D eigenvalue weighted by Gasteiger charge is 2.48. The molecule has 2 aliphatic heterocycles. The Balaban J connectivity index is 1.44. The maximum absolute atomic E-state index is 14.2. The summed E-state index contributed by atoms with van der Waals surface area (Å²) in [5, 5.41) is 30.8. The number of aryl methyl sites for hydroxylation is 2. The van der Waals surface area contributed by atoms with Gasteiger partial charge in [-0.2, -0.15) is 0 Å². The first-order valence-electron chi connectivity index (χ1n) is 15.5. The van der Waals surface area contributed by atoms with Crippen LogP contribution in [0.4, 0.5) is 9.59 Å². The SMILES string of the molecule is Cc1ccc(C)c(OCCc2ccc(C3=C(C(=O)N(C)C[C@@H](O)c4ccccc4)[C@H]4CN(C(=O)O)C[C@@H](C3)N4C(=O)O)cc2)c1C. The van der Waals surface area contributed by atoms with Crippen LogP contribution in [0.15, 0.2) is 72.3 Å². The van der Waals surface area contributed by atoms with Gasteiger partial charge in [-0.25, -0.2) is 9.59 Å². The molecule has 2 aliphatic rings. The number of nitrogens with zero attached hydrogens (tertiary/aromatic N) is 3. The van der Waals surface area contributed by atoms with E-state index >= 15 is 0 Å². The van der Waals surface area contributed by atoms with Crippen LogP contribution in [0.1, 0.15) is 45.9 Å². The van der Waals surface area contributed by atoms with Gasteiger partial charge >= 0.3 is 12.2 Å². The summed E-state index contributed by atoms with van der Waals surface area (Å²) in [4.78, 5) is 42.4. The van der Waals surface area contributed by atoms with Crippen LogP contribution in [0, 0.1) is 20.8 Å². The van der Waals surface area contributed by atoms with Gasteiger partial charge in [-0.05, 0) is 66.1 Å². The highest BCUT2D eigenvalue weighted by molar-refractivity contribution is 6.04. The summed E-state index contributed by atoms with van der Waals surface area (Å²) in [5.74, 6) is 0.451. The van der Waals surface area contributed by atoms with Gasteiger partial charge in [0.2, 0.25) is 0 Å². The average Bonchev–Trinajstić information content (AvgIpc) is 3.04.